The molecular weight excluding hydrogens is 224 g/mol. The average molecular weight is 236 g/mol. The molecule has 0 saturated heterocycles. The molecule has 1 aromatic heterocycles. The fourth-order valence-electron chi connectivity index (χ4n) is 1.32. The van der Waals surface area contributed by atoms with E-state index in [0.29, 0.717) is 5.89 Å². The summed E-state index contributed by atoms with van der Waals surface area (Å²) in [6, 6.07) is 7.93. The number of H-pyrrole nitrogens is 1. The summed E-state index contributed by atoms with van der Waals surface area (Å²) in [5.41, 5.74) is 1.24. The lowest BCUT2D eigenvalue weighted by molar-refractivity contribution is 0.261. The van der Waals surface area contributed by atoms with Crippen LogP contribution in [0.3, 0.4) is 0 Å². The number of hydrogen-bond donors (Lipinski definition) is 1. The molecule has 0 aliphatic rings. The van der Waals surface area contributed by atoms with Crippen LogP contribution in [-0.2, 0) is 13.0 Å². The second-order valence-corrected chi connectivity index (χ2v) is 3.67. The Balaban J connectivity index is 2.01. The molecule has 16 heavy (non-hydrogen) atoms. The first kappa shape index (κ1) is 10.9. The van der Waals surface area contributed by atoms with Gasteiger partial charge in [0.15, 0.2) is 6.61 Å². The molecule has 5 heteroatoms. The fourth-order valence-corrected chi connectivity index (χ4v) is 1.46. The quantitative estimate of drug-likeness (QED) is 0.829. The van der Waals surface area contributed by atoms with E-state index in [4.69, 9.17) is 21.4 Å². The van der Waals surface area contributed by atoms with Crippen molar-refractivity contribution < 1.29 is 9.15 Å². The maximum absolute atomic E-state index is 5.53. The first-order valence-corrected chi connectivity index (χ1v) is 5.45. The van der Waals surface area contributed by atoms with E-state index < -0.39 is 0 Å². The van der Waals surface area contributed by atoms with Crippen LogP contribution in [0.4, 0.5) is 0 Å². The standard InChI is InChI=1S/C11H12N2O2S/c1-2-8-4-3-5-9(6-8)14-7-10-12-13-11(16)15-10/h3-6H,2,7H2,1H3,(H,13,16). The first-order valence-electron chi connectivity index (χ1n) is 5.04. The Morgan fingerprint density at radius 3 is 3.06 bits per heavy atom. The molecule has 0 amide bonds. The van der Waals surface area contributed by atoms with Gasteiger partial charge in [-0.15, -0.1) is 5.10 Å². The van der Waals surface area contributed by atoms with Gasteiger partial charge in [-0.25, -0.2) is 5.10 Å². The highest BCUT2D eigenvalue weighted by Crippen LogP contribution is 2.14. The molecule has 0 fully saturated rings. The van der Waals surface area contributed by atoms with Gasteiger partial charge in [0.25, 0.3) is 10.7 Å². The Labute approximate surface area is 98.3 Å². The van der Waals surface area contributed by atoms with Gasteiger partial charge < -0.3 is 9.15 Å². The number of ether oxygens (including phenoxy) is 1. The summed E-state index contributed by atoms with van der Waals surface area (Å²) in [7, 11) is 0. The monoisotopic (exact) mass is 236 g/mol. The third-order valence-electron chi connectivity index (χ3n) is 2.15. The molecular formula is C11H12N2O2S. The van der Waals surface area contributed by atoms with E-state index in [1.165, 1.54) is 5.56 Å². The summed E-state index contributed by atoms with van der Waals surface area (Å²) in [5.74, 6) is 1.26. The van der Waals surface area contributed by atoms with Crippen molar-refractivity contribution in [1.29, 1.82) is 0 Å². The molecule has 1 aromatic carbocycles. The van der Waals surface area contributed by atoms with Gasteiger partial charge in [0, 0.05) is 0 Å². The Bertz CT molecular complexity index is 518. The lowest BCUT2D eigenvalue weighted by Crippen LogP contribution is -1.96. The number of aromatic amines is 1. The van der Waals surface area contributed by atoms with Gasteiger partial charge in [-0.3, -0.25) is 0 Å². The van der Waals surface area contributed by atoms with Crippen molar-refractivity contribution in [3.63, 3.8) is 0 Å². The minimum Gasteiger partial charge on any atom is -0.484 e. The molecule has 2 rings (SSSR count). The van der Waals surface area contributed by atoms with Crippen LogP contribution in [0.2, 0.25) is 0 Å². The summed E-state index contributed by atoms with van der Waals surface area (Å²) in [6.45, 7) is 2.38. The van der Waals surface area contributed by atoms with Crippen LogP contribution in [0.25, 0.3) is 0 Å². The van der Waals surface area contributed by atoms with Crippen molar-refractivity contribution in [2.24, 2.45) is 0 Å². The number of nitrogens with zero attached hydrogens (tertiary/aromatic N) is 1. The second kappa shape index (κ2) is 4.94. The molecule has 4 nitrogen and oxygen atoms in total. The zero-order chi connectivity index (χ0) is 11.4. The van der Waals surface area contributed by atoms with E-state index >= 15 is 0 Å². The molecule has 0 saturated carbocycles. The zero-order valence-electron chi connectivity index (χ0n) is 8.90. The van der Waals surface area contributed by atoms with Crippen LogP contribution in [0.5, 0.6) is 5.75 Å². The first-order chi connectivity index (χ1) is 7.78. The Kier molecular flexibility index (Phi) is 3.36. The number of hydrogen-bond acceptors (Lipinski definition) is 4. The van der Waals surface area contributed by atoms with Crippen molar-refractivity contribution in [3.8, 4) is 5.75 Å². The SMILES string of the molecule is CCc1cccc(OCc2n[nH]c(=S)o2)c1. The van der Waals surface area contributed by atoms with Crippen LogP contribution < -0.4 is 4.74 Å². The predicted octanol–water partition coefficient (Wildman–Crippen LogP) is 2.87. The molecule has 0 atom stereocenters. The largest absolute Gasteiger partial charge is 0.484 e. The highest BCUT2D eigenvalue weighted by molar-refractivity contribution is 7.71. The van der Waals surface area contributed by atoms with Crippen molar-refractivity contribution >= 4 is 12.2 Å². The van der Waals surface area contributed by atoms with Crippen LogP contribution in [-0.4, -0.2) is 10.2 Å². The van der Waals surface area contributed by atoms with Crippen LogP contribution in [0.15, 0.2) is 28.7 Å². The zero-order valence-corrected chi connectivity index (χ0v) is 9.71. The smallest absolute Gasteiger partial charge is 0.284 e. The lowest BCUT2D eigenvalue weighted by Gasteiger charge is -2.04. The molecule has 0 unspecified atom stereocenters. The van der Waals surface area contributed by atoms with Crippen molar-refractivity contribution in [2.45, 2.75) is 20.0 Å². The Morgan fingerprint density at radius 2 is 2.38 bits per heavy atom. The van der Waals surface area contributed by atoms with Gasteiger partial charge in [-0.1, -0.05) is 19.1 Å². The summed E-state index contributed by atoms with van der Waals surface area (Å²) in [4.78, 5) is 0.265. The number of aromatic nitrogens is 2. The van der Waals surface area contributed by atoms with Gasteiger partial charge >= 0.3 is 0 Å². The van der Waals surface area contributed by atoms with Crippen molar-refractivity contribution in [1.82, 2.24) is 10.2 Å². The van der Waals surface area contributed by atoms with Gasteiger partial charge in [-0.2, -0.15) is 0 Å². The fraction of sp³-hybridized carbons (Fsp3) is 0.273. The Morgan fingerprint density at radius 1 is 1.50 bits per heavy atom. The van der Waals surface area contributed by atoms with Gasteiger partial charge in [0.1, 0.15) is 5.75 Å². The van der Waals surface area contributed by atoms with E-state index in [1.54, 1.807) is 0 Å². The summed E-state index contributed by atoms with van der Waals surface area (Å²) in [5, 5.41) is 6.40. The molecule has 84 valence electrons. The number of rotatable bonds is 4. The molecule has 0 radical (unpaired) electrons. The number of benzene rings is 1. The molecule has 0 aliphatic carbocycles. The molecule has 1 N–H and O–H groups in total. The maximum atomic E-state index is 5.53. The van der Waals surface area contributed by atoms with Crippen LogP contribution in [0.1, 0.15) is 18.4 Å². The highest BCUT2D eigenvalue weighted by Gasteiger charge is 2.01. The van der Waals surface area contributed by atoms with E-state index in [0.717, 1.165) is 12.2 Å². The third kappa shape index (κ3) is 2.70. The van der Waals surface area contributed by atoms with Crippen LogP contribution >= 0.6 is 12.2 Å². The molecule has 0 bridgehead atoms. The third-order valence-corrected chi connectivity index (χ3v) is 2.33. The minimum atomic E-state index is 0.265. The summed E-state index contributed by atoms with van der Waals surface area (Å²) < 4.78 is 10.6. The van der Waals surface area contributed by atoms with Crippen molar-refractivity contribution in [2.75, 3.05) is 0 Å². The minimum absolute atomic E-state index is 0.265. The van der Waals surface area contributed by atoms with E-state index in [2.05, 4.69) is 23.2 Å². The number of nitrogens with one attached hydrogen (secondary N) is 1. The summed E-state index contributed by atoms with van der Waals surface area (Å²) >= 11 is 4.76. The molecule has 2 aromatic rings. The van der Waals surface area contributed by atoms with Crippen molar-refractivity contribution in [3.05, 3.63) is 40.6 Å². The average Bonchev–Trinajstić information content (AvgIpc) is 2.73. The lowest BCUT2D eigenvalue weighted by atomic mass is 10.2. The summed E-state index contributed by atoms with van der Waals surface area (Å²) in [6.07, 6.45) is 0.986. The molecule has 0 aliphatic heterocycles. The second-order valence-electron chi connectivity index (χ2n) is 3.30. The molecule has 1 heterocycles. The van der Waals surface area contributed by atoms with E-state index in [-0.39, 0.29) is 11.4 Å². The van der Waals surface area contributed by atoms with E-state index in [1.807, 2.05) is 18.2 Å². The predicted molar refractivity (Wildman–Crippen MR) is 61.8 cm³/mol. The van der Waals surface area contributed by atoms with Gasteiger partial charge in [-0.05, 0) is 36.3 Å². The van der Waals surface area contributed by atoms with Gasteiger partial charge in [0.2, 0.25) is 0 Å². The highest BCUT2D eigenvalue weighted by atomic mass is 32.1. The topological polar surface area (TPSA) is 51.0 Å². The number of aryl methyl sites for hydroxylation is 1. The molecule has 0 spiro atoms. The normalized spacial score (nSPS) is 10.3. The van der Waals surface area contributed by atoms with Crippen LogP contribution in [0, 0.1) is 4.84 Å². The maximum Gasteiger partial charge on any atom is 0.284 e. The Hall–Kier alpha value is -1.62. The van der Waals surface area contributed by atoms with E-state index in [9.17, 15) is 0 Å². The van der Waals surface area contributed by atoms with Gasteiger partial charge in [0.05, 0.1) is 0 Å².